The number of halogens is 2. The molecule has 4 heteroatoms. The molecule has 0 aromatic heterocycles. The lowest BCUT2D eigenvalue weighted by Crippen LogP contribution is -2.11. The van der Waals surface area contributed by atoms with Crippen LogP contribution in [0.2, 0.25) is 10.0 Å². The van der Waals surface area contributed by atoms with Gasteiger partial charge >= 0.3 is 0 Å². The first-order valence-electron chi connectivity index (χ1n) is 6.53. The van der Waals surface area contributed by atoms with Gasteiger partial charge < -0.3 is 10.1 Å². The Kier molecular flexibility index (Phi) is 5.30. The minimum Gasteiger partial charge on any atom is -0.455 e. The van der Waals surface area contributed by atoms with Gasteiger partial charge in [0.05, 0.1) is 5.02 Å². The first kappa shape index (κ1) is 15.2. The van der Waals surface area contributed by atoms with Crippen LogP contribution >= 0.6 is 23.2 Å². The summed E-state index contributed by atoms with van der Waals surface area (Å²) >= 11 is 12.1. The largest absolute Gasteiger partial charge is 0.455 e. The second-order valence-electron chi connectivity index (χ2n) is 4.56. The Morgan fingerprint density at radius 1 is 1.05 bits per heavy atom. The van der Waals surface area contributed by atoms with Crippen molar-refractivity contribution in [3.8, 4) is 11.5 Å². The summed E-state index contributed by atoms with van der Waals surface area (Å²) in [6, 6.07) is 11.3. The maximum absolute atomic E-state index is 6.13. The lowest BCUT2D eigenvalue weighted by Gasteiger charge is -2.12. The van der Waals surface area contributed by atoms with Crippen molar-refractivity contribution in [2.24, 2.45) is 0 Å². The van der Waals surface area contributed by atoms with Crippen LogP contribution in [0.25, 0.3) is 0 Å². The molecule has 0 amide bonds. The highest BCUT2D eigenvalue weighted by atomic mass is 35.5. The van der Waals surface area contributed by atoms with Gasteiger partial charge in [-0.25, -0.2) is 0 Å². The average Bonchev–Trinajstić information content (AvgIpc) is 2.43. The zero-order valence-electron chi connectivity index (χ0n) is 11.5. The van der Waals surface area contributed by atoms with E-state index in [2.05, 4.69) is 18.3 Å². The van der Waals surface area contributed by atoms with Gasteiger partial charge in [-0.1, -0.05) is 42.3 Å². The molecule has 0 aliphatic rings. The molecule has 2 nitrogen and oxygen atoms in total. The van der Waals surface area contributed by atoms with Crippen LogP contribution in [0.1, 0.15) is 18.1 Å². The lowest BCUT2D eigenvalue weighted by molar-refractivity contribution is 0.478. The van der Waals surface area contributed by atoms with Gasteiger partial charge in [-0.15, -0.1) is 0 Å². The Morgan fingerprint density at radius 3 is 2.60 bits per heavy atom. The molecule has 0 unspecified atom stereocenters. The van der Waals surface area contributed by atoms with Gasteiger partial charge in [0.15, 0.2) is 0 Å². The van der Waals surface area contributed by atoms with Gasteiger partial charge in [-0.3, -0.25) is 0 Å². The fraction of sp³-hybridized carbons (Fsp3) is 0.250. The second-order valence-corrected chi connectivity index (χ2v) is 5.40. The summed E-state index contributed by atoms with van der Waals surface area (Å²) in [6.07, 6.45) is 0. The average molecular weight is 310 g/mol. The standard InChI is InChI=1S/C16H17Cl2NO/c1-3-19-10-12-5-4-11(2)15(8-12)20-16-9-13(17)6-7-14(16)18/h4-9,19H,3,10H2,1-2H3. The maximum Gasteiger partial charge on any atom is 0.147 e. The quantitative estimate of drug-likeness (QED) is 0.819. The minimum atomic E-state index is 0.547. The molecule has 20 heavy (non-hydrogen) atoms. The van der Waals surface area contributed by atoms with E-state index >= 15 is 0 Å². The molecule has 0 saturated heterocycles. The van der Waals surface area contributed by atoms with Crippen molar-refractivity contribution in [3.05, 3.63) is 57.6 Å². The smallest absolute Gasteiger partial charge is 0.147 e. The van der Waals surface area contributed by atoms with Crippen molar-refractivity contribution in [1.29, 1.82) is 0 Å². The van der Waals surface area contributed by atoms with E-state index in [0.717, 1.165) is 24.4 Å². The predicted molar refractivity (Wildman–Crippen MR) is 85.1 cm³/mol. The third kappa shape index (κ3) is 3.89. The van der Waals surface area contributed by atoms with E-state index in [1.807, 2.05) is 19.1 Å². The molecule has 2 aromatic rings. The molecule has 0 fully saturated rings. The number of benzene rings is 2. The highest BCUT2D eigenvalue weighted by Crippen LogP contribution is 2.33. The normalized spacial score (nSPS) is 10.6. The lowest BCUT2D eigenvalue weighted by atomic mass is 10.1. The van der Waals surface area contributed by atoms with E-state index in [4.69, 9.17) is 27.9 Å². The van der Waals surface area contributed by atoms with Crippen molar-refractivity contribution >= 4 is 23.2 Å². The highest BCUT2D eigenvalue weighted by Gasteiger charge is 2.07. The van der Waals surface area contributed by atoms with Crippen LogP contribution < -0.4 is 10.1 Å². The van der Waals surface area contributed by atoms with E-state index in [9.17, 15) is 0 Å². The summed E-state index contributed by atoms with van der Waals surface area (Å²) in [5, 5.41) is 4.44. The Balaban J connectivity index is 2.25. The second kappa shape index (κ2) is 6.98. The van der Waals surface area contributed by atoms with Crippen molar-refractivity contribution in [2.45, 2.75) is 20.4 Å². The number of ether oxygens (including phenoxy) is 1. The SMILES string of the molecule is CCNCc1ccc(C)c(Oc2cc(Cl)ccc2Cl)c1. The third-order valence-electron chi connectivity index (χ3n) is 2.94. The number of hydrogen-bond donors (Lipinski definition) is 1. The molecular formula is C16H17Cl2NO. The molecular weight excluding hydrogens is 293 g/mol. The van der Waals surface area contributed by atoms with Crippen molar-refractivity contribution in [3.63, 3.8) is 0 Å². The van der Waals surface area contributed by atoms with Crippen molar-refractivity contribution in [1.82, 2.24) is 5.32 Å². The maximum atomic E-state index is 6.13. The van der Waals surface area contributed by atoms with Crippen molar-refractivity contribution < 1.29 is 4.74 Å². The van der Waals surface area contributed by atoms with E-state index in [1.165, 1.54) is 5.56 Å². The van der Waals surface area contributed by atoms with Gasteiger partial charge in [0.1, 0.15) is 11.5 Å². The first-order chi connectivity index (χ1) is 9.60. The zero-order chi connectivity index (χ0) is 14.5. The van der Waals surface area contributed by atoms with E-state index < -0.39 is 0 Å². The minimum absolute atomic E-state index is 0.547. The molecule has 106 valence electrons. The summed E-state index contributed by atoms with van der Waals surface area (Å²) in [7, 11) is 0. The van der Waals surface area contributed by atoms with Gasteiger partial charge in [-0.05, 0) is 42.8 Å². The van der Waals surface area contributed by atoms with Crippen LogP contribution in [0.3, 0.4) is 0 Å². The van der Waals surface area contributed by atoms with Crippen LogP contribution in [0, 0.1) is 6.92 Å². The Hall–Kier alpha value is -1.22. The molecule has 1 N–H and O–H groups in total. The monoisotopic (exact) mass is 309 g/mol. The summed E-state index contributed by atoms with van der Waals surface area (Å²) in [5.74, 6) is 1.37. The van der Waals surface area contributed by atoms with E-state index in [1.54, 1.807) is 18.2 Å². The number of hydrogen-bond acceptors (Lipinski definition) is 2. The van der Waals surface area contributed by atoms with Crippen LogP contribution in [0.4, 0.5) is 0 Å². The van der Waals surface area contributed by atoms with Gasteiger partial charge in [0, 0.05) is 17.6 Å². The van der Waals surface area contributed by atoms with Gasteiger partial charge in [0.25, 0.3) is 0 Å². The molecule has 2 rings (SSSR count). The zero-order valence-corrected chi connectivity index (χ0v) is 13.1. The van der Waals surface area contributed by atoms with Gasteiger partial charge in [-0.2, -0.15) is 0 Å². The van der Waals surface area contributed by atoms with Crippen molar-refractivity contribution in [2.75, 3.05) is 6.54 Å². The fourth-order valence-electron chi connectivity index (χ4n) is 1.81. The molecule has 0 spiro atoms. The topological polar surface area (TPSA) is 21.3 Å². The fourth-order valence-corrected chi connectivity index (χ4v) is 2.13. The number of rotatable bonds is 5. The van der Waals surface area contributed by atoms with Crippen LogP contribution in [0.15, 0.2) is 36.4 Å². The molecule has 2 aromatic carbocycles. The Bertz CT molecular complexity index is 599. The van der Waals surface area contributed by atoms with Crippen LogP contribution in [0.5, 0.6) is 11.5 Å². The Labute approximate surface area is 129 Å². The number of nitrogens with one attached hydrogen (secondary N) is 1. The first-order valence-corrected chi connectivity index (χ1v) is 7.29. The molecule has 0 bridgehead atoms. The molecule has 0 aliphatic heterocycles. The summed E-state index contributed by atoms with van der Waals surface area (Å²) in [6.45, 7) is 5.84. The van der Waals surface area contributed by atoms with E-state index in [-0.39, 0.29) is 0 Å². The summed E-state index contributed by atoms with van der Waals surface area (Å²) in [5.41, 5.74) is 2.23. The van der Waals surface area contributed by atoms with Gasteiger partial charge in [0.2, 0.25) is 0 Å². The van der Waals surface area contributed by atoms with Crippen LogP contribution in [-0.2, 0) is 6.54 Å². The Morgan fingerprint density at radius 2 is 1.85 bits per heavy atom. The number of aryl methyl sites for hydroxylation is 1. The molecule has 0 aliphatic carbocycles. The molecule has 0 radical (unpaired) electrons. The highest BCUT2D eigenvalue weighted by molar-refractivity contribution is 6.34. The van der Waals surface area contributed by atoms with E-state index in [0.29, 0.717) is 15.8 Å². The molecule has 0 saturated carbocycles. The molecule has 0 heterocycles. The summed E-state index contributed by atoms with van der Waals surface area (Å²) in [4.78, 5) is 0. The van der Waals surface area contributed by atoms with Crippen LogP contribution in [-0.4, -0.2) is 6.54 Å². The molecule has 0 atom stereocenters. The third-order valence-corrected chi connectivity index (χ3v) is 3.49. The predicted octanol–water partition coefficient (Wildman–Crippen LogP) is 5.20. The summed E-state index contributed by atoms with van der Waals surface area (Å²) < 4.78 is 5.90.